The van der Waals surface area contributed by atoms with Gasteiger partial charge in [0.2, 0.25) is 5.95 Å². The number of hydrogen-bond acceptors (Lipinski definition) is 7. The molecular formula is C16H19N5O6. The van der Waals surface area contributed by atoms with Crippen LogP contribution in [0.1, 0.15) is 25.7 Å². The Morgan fingerprint density at radius 3 is 2.78 bits per heavy atom. The largest absolute Gasteiger partial charge is 0.481 e. The molecule has 0 aromatic carbocycles. The second-order valence-corrected chi connectivity index (χ2v) is 7.36. The maximum absolute atomic E-state index is 12.1. The van der Waals surface area contributed by atoms with Gasteiger partial charge in [0, 0.05) is 5.92 Å². The number of rotatable bonds is 4. The van der Waals surface area contributed by atoms with Gasteiger partial charge in [-0.05, 0) is 25.2 Å². The lowest BCUT2D eigenvalue weighted by molar-refractivity contribution is -0.150. The Bertz CT molecular complexity index is 999. The van der Waals surface area contributed by atoms with Gasteiger partial charge in [-0.3, -0.25) is 19.4 Å². The number of hydrogen-bond donors (Lipinski definition) is 5. The molecule has 2 heterocycles. The zero-order chi connectivity index (χ0) is 19.5. The average Bonchev–Trinajstić information content (AvgIpc) is 3.22. The molecule has 2 fully saturated rings. The summed E-state index contributed by atoms with van der Waals surface area (Å²) in [6, 6.07) is 0. The van der Waals surface area contributed by atoms with E-state index in [1.807, 2.05) is 0 Å². The lowest BCUT2D eigenvalue weighted by Crippen LogP contribution is -2.50. The summed E-state index contributed by atoms with van der Waals surface area (Å²) < 4.78 is 1.35. The molecule has 6 N–H and O–H groups in total. The molecule has 2 aromatic heterocycles. The summed E-state index contributed by atoms with van der Waals surface area (Å²) in [6.07, 6.45) is 1.16. The van der Waals surface area contributed by atoms with Crippen molar-refractivity contribution >= 4 is 29.1 Å². The molecule has 2 saturated carbocycles. The number of imidazole rings is 1. The second-order valence-electron chi connectivity index (χ2n) is 7.36. The highest BCUT2D eigenvalue weighted by atomic mass is 16.4. The highest BCUT2D eigenvalue weighted by Crippen LogP contribution is 2.58. The molecule has 2 aliphatic carbocycles. The van der Waals surface area contributed by atoms with Crippen LogP contribution in [0, 0.1) is 17.8 Å². The Labute approximate surface area is 151 Å². The third kappa shape index (κ3) is 2.34. The Morgan fingerprint density at radius 2 is 2.11 bits per heavy atom. The predicted octanol–water partition coefficient (Wildman–Crippen LogP) is -0.637. The minimum absolute atomic E-state index is 0.0171. The quantitative estimate of drug-likeness (QED) is 0.462. The van der Waals surface area contributed by atoms with Crippen LogP contribution >= 0.6 is 0 Å². The molecule has 2 unspecified atom stereocenters. The number of carbonyl (C=O) groups is 2. The van der Waals surface area contributed by atoms with E-state index in [0.717, 1.165) is 0 Å². The first-order chi connectivity index (χ1) is 12.8. The van der Waals surface area contributed by atoms with Gasteiger partial charge in [-0.15, -0.1) is 0 Å². The number of nitrogens with one attached hydrogen (secondary N) is 1. The SMILES string of the molecule is Nc1nc2c(ncn2[C@]2(CC(=O)O)C3C(CC[C@H]3O)C[C@@H]2C(=O)O)c(=O)[nH]1. The number of anilines is 1. The Morgan fingerprint density at radius 1 is 1.37 bits per heavy atom. The van der Waals surface area contributed by atoms with Crippen molar-refractivity contribution < 1.29 is 24.9 Å². The zero-order valence-corrected chi connectivity index (χ0v) is 14.2. The number of fused-ring (bicyclic) bond motifs is 2. The molecule has 0 bridgehead atoms. The number of aromatic nitrogens is 4. The monoisotopic (exact) mass is 377 g/mol. The van der Waals surface area contributed by atoms with Crippen molar-refractivity contribution in [3.63, 3.8) is 0 Å². The van der Waals surface area contributed by atoms with Crippen LogP contribution in [0.5, 0.6) is 0 Å². The number of aromatic amines is 1. The molecule has 2 aliphatic rings. The van der Waals surface area contributed by atoms with Crippen molar-refractivity contribution in [2.45, 2.75) is 37.3 Å². The predicted molar refractivity (Wildman–Crippen MR) is 90.8 cm³/mol. The minimum Gasteiger partial charge on any atom is -0.481 e. The van der Waals surface area contributed by atoms with Gasteiger partial charge < -0.3 is 25.6 Å². The number of nitrogen functional groups attached to an aromatic ring is 1. The zero-order valence-electron chi connectivity index (χ0n) is 14.2. The highest BCUT2D eigenvalue weighted by Gasteiger charge is 2.64. The van der Waals surface area contributed by atoms with Crippen molar-refractivity contribution in [1.82, 2.24) is 19.5 Å². The van der Waals surface area contributed by atoms with Crippen LogP contribution < -0.4 is 11.3 Å². The third-order valence-electron chi connectivity index (χ3n) is 6.08. The van der Waals surface area contributed by atoms with Crippen LogP contribution in [0.2, 0.25) is 0 Å². The van der Waals surface area contributed by atoms with Crippen molar-refractivity contribution in [3.05, 3.63) is 16.7 Å². The summed E-state index contributed by atoms with van der Waals surface area (Å²) in [7, 11) is 0. The number of nitrogens with two attached hydrogens (primary N) is 1. The van der Waals surface area contributed by atoms with Crippen molar-refractivity contribution in [2.24, 2.45) is 17.8 Å². The Balaban J connectivity index is 2.04. The molecule has 27 heavy (non-hydrogen) atoms. The summed E-state index contributed by atoms with van der Waals surface area (Å²) in [4.78, 5) is 46.4. The maximum Gasteiger partial charge on any atom is 0.308 e. The van der Waals surface area contributed by atoms with E-state index >= 15 is 0 Å². The Hall–Kier alpha value is -2.95. The topological polar surface area (TPSA) is 184 Å². The Kier molecular flexibility index (Phi) is 3.74. The first kappa shape index (κ1) is 17.5. The standard InChI is InChI=1S/C16H19N5O6/c17-15-19-12-11(13(25)20-15)18-5-21(12)16(4-9(23)24)7(14(26)27)3-6-1-2-8(22)10(6)16/h5-8,10,22H,1-4H2,(H,23,24)(H,26,27)(H3,17,19,20,25)/t6?,7-,8-,10?,16+/m1/s1. The number of carboxylic acid groups (broad SMARTS) is 2. The normalized spacial score (nSPS) is 32.6. The fourth-order valence-electron chi connectivity index (χ4n) is 5.25. The lowest BCUT2D eigenvalue weighted by Gasteiger charge is -2.40. The fraction of sp³-hybridized carbons (Fsp3) is 0.562. The molecule has 144 valence electrons. The van der Waals surface area contributed by atoms with E-state index in [2.05, 4.69) is 15.0 Å². The fourth-order valence-corrected chi connectivity index (χ4v) is 5.25. The van der Waals surface area contributed by atoms with E-state index in [9.17, 15) is 29.7 Å². The average molecular weight is 377 g/mol. The third-order valence-corrected chi connectivity index (χ3v) is 6.08. The molecular weight excluding hydrogens is 358 g/mol. The van der Waals surface area contributed by atoms with Crippen molar-refractivity contribution in [2.75, 3.05) is 5.73 Å². The molecule has 5 atom stereocenters. The summed E-state index contributed by atoms with van der Waals surface area (Å²) in [6.45, 7) is 0. The molecule has 0 radical (unpaired) electrons. The van der Waals surface area contributed by atoms with E-state index in [1.54, 1.807) is 0 Å². The summed E-state index contributed by atoms with van der Waals surface area (Å²) in [5, 5.41) is 30.1. The summed E-state index contributed by atoms with van der Waals surface area (Å²) in [5.41, 5.74) is 3.49. The van der Waals surface area contributed by atoms with Gasteiger partial charge >= 0.3 is 11.9 Å². The van der Waals surface area contributed by atoms with Crippen LogP contribution in [-0.4, -0.2) is 52.9 Å². The molecule has 0 amide bonds. The van der Waals surface area contributed by atoms with Gasteiger partial charge in [0.15, 0.2) is 11.2 Å². The first-order valence-corrected chi connectivity index (χ1v) is 8.61. The van der Waals surface area contributed by atoms with Crippen LogP contribution in [0.3, 0.4) is 0 Å². The first-order valence-electron chi connectivity index (χ1n) is 8.61. The van der Waals surface area contributed by atoms with Gasteiger partial charge in [-0.25, -0.2) is 4.98 Å². The molecule has 2 aromatic rings. The molecule has 0 aliphatic heterocycles. The molecule has 0 spiro atoms. The van der Waals surface area contributed by atoms with Crippen LogP contribution in [-0.2, 0) is 15.1 Å². The molecule has 0 saturated heterocycles. The van der Waals surface area contributed by atoms with E-state index in [1.165, 1.54) is 10.9 Å². The number of aliphatic hydroxyl groups excluding tert-OH is 1. The van der Waals surface area contributed by atoms with Gasteiger partial charge in [0.05, 0.1) is 30.3 Å². The maximum atomic E-state index is 12.1. The van der Waals surface area contributed by atoms with E-state index < -0.39 is 47.4 Å². The van der Waals surface area contributed by atoms with E-state index in [0.29, 0.717) is 12.8 Å². The summed E-state index contributed by atoms with van der Waals surface area (Å²) >= 11 is 0. The highest BCUT2D eigenvalue weighted by molar-refractivity contribution is 5.78. The number of aliphatic carboxylic acids is 2. The second kappa shape index (κ2) is 5.78. The van der Waals surface area contributed by atoms with Crippen molar-refractivity contribution in [3.8, 4) is 0 Å². The molecule has 11 nitrogen and oxygen atoms in total. The summed E-state index contributed by atoms with van der Waals surface area (Å²) in [5.74, 6) is -4.36. The number of aliphatic hydroxyl groups is 1. The number of H-pyrrole nitrogens is 1. The van der Waals surface area contributed by atoms with E-state index in [-0.39, 0.29) is 29.5 Å². The lowest BCUT2D eigenvalue weighted by atomic mass is 9.75. The van der Waals surface area contributed by atoms with Gasteiger partial charge in [0.25, 0.3) is 5.56 Å². The number of nitrogens with zero attached hydrogens (tertiary/aromatic N) is 3. The molecule has 11 heteroatoms. The number of carboxylic acids is 2. The van der Waals surface area contributed by atoms with Gasteiger partial charge in [-0.1, -0.05) is 0 Å². The van der Waals surface area contributed by atoms with Gasteiger partial charge in [-0.2, -0.15) is 4.98 Å². The molecule has 4 rings (SSSR count). The minimum atomic E-state index is -1.50. The van der Waals surface area contributed by atoms with Crippen LogP contribution in [0.25, 0.3) is 11.2 Å². The van der Waals surface area contributed by atoms with Crippen LogP contribution in [0.15, 0.2) is 11.1 Å². The van der Waals surface area contributed by atoms with Crippen LogP contribution in [0.4, 0.5) is 5.95 Å². The van der Waals surface area contributed by atoms with E-state index in [4.69, 9.17) is 5.73 Å². The van der Waals surface area contributed by atoms with Crippen molar-refractivity contribution in [1.29, 1.82) is 0 Å². The smallest absolute Gasteiger partial charge is 0.308 e. The van der Waals surface area contributed by atoms with Gasteiger partial charge in [0.1, 0.15) is 0 Å².